The molecule has 3 rings (SSSR count). The van der Waals surface area contributed by atoms with Gasteiger partial charge in [-0.15, -0.1) is 0 Å². The van der Waals surface area contributed by atoms with E-state index in [1.807, 2.05) is 13.8 Å². The summed E-state index contributed by atoms with van der Waals surface area (Å²) in [5, 5.41) is 38.9. The molecule has 0 aliphatic carbocycles. The number of hydrogen-bond acceptors (Lipinski definition) is 9. The maximum absolute atomic E-state index is 11.7. The number of aliphatic hydroxyl groups excluding tert-OH is 3. The standard InChI is InChI=1S/C29H50O2.C22H38O7/c1-20(2)12-9-13-21(3)14-10-15-22(4)16-11-18-29(8)19-17-26-25(7)27(30)23(5)24(6)28(26)31-29;1-2-3-4-5-6-7-8-9-10-11-12-13-14-15-18(24)28-16-17(23)21-19(25)20(26)22(27)29-21/h20-22,30H,9-19H2,1-8H3;17,21,23,25-26H,2-16H2,1H3/t21-,22-,29-;17-,21+/m10/s1. The Morgan fingerprint density at radius 1 is 0.733 bits per heavy atom. The van der Waals surface area contributed by atoms with Gasteiger partial charge in [0.2, 0.25) is 5.76 Å². The Hall–Kier alpha value is -2.94. The molecule has 9 heteroatoms. The second-order valence-corrected chi connectivity index (χ2v) is 19.2. The maximum Gasteiger partial charge on any atom is 0.377 e. The number of fused-ring (bicyclic) bond motifs is 1. The average Bonchev–Trinajstić information content (AvgIpc) is 3.47. The van der Waals surface area contributed by atoms with Crippen molar-refractivity contribution in [2.24, 2.45) is 17.8 Å². The van der Waals surface area contributed by atoms with Crippen LogP contribution < -0.4 is 4.74 Å². The van der Waals surface area contributed by atoms with E-state index in [1.165, 1.54) is 121 Å². The summed E-state index contributed by atoms with van der Waals surface area (Å²) in [5.41, 5.74) is 4.23. The number of benzene rings is 1. The summed E-state index contributed by atoms with van der Waals surface area (Å²) in [7, 11) is 0. The maximum atomic E-state index is 11.7. The molecule has 9 nitrogen and oxygen atoms in total. The molecule has 2 aliphatic heterocycles. The third kappa shape index (κ3) is 19.4. The summed E-state index contributed by atoms with van der Waals surface area (Å²) in [6.07, 6.45) is 27.4. The number of hydrogen-bond donors (Lipinski definition) is 4. The van der Waals surface area contributed by atoms with Gasteiger partial charge >= 0.3 is 11.9 Å². The van der Waals surface area contributed by atoms with Crippen molar-refractivity contribution in [3.63, 3.8) is 0 Å². The SMILES string of the molecule is CCCCCCCCCCCCCCCC(=O)OC[C@H](O)[C@H]1OC(=O)C(O)=C1O.Cc1c(C)c2c(c(C)c1O)CC[C@@](C)(CCC[C@H](C)CCC[C@H](C)CCCC(C)C)O2. The van der Waals surface area contributed by atoms with Crippen LogP contribution in [0, 0.1) is 38.5 Å². The minimum Gasteiger partial charge on any atom is -0.507 e. The highest BCUT2D eigenvalue weighted by atomic mass is 16.6. The number of cyclic esters (lactones) is 1. The molecule has 346 valence electrons. The van der Waals surface area contributed by atoms with Crippen LogP contribution in [0.5, 0.6) is 11.5 Å². The Bertz CT molecular complexity index is 1430. The van der Waals surface area contributed by atoms with Gasteiger partial charge in [0.05, 0.1) is 0 Å². The lowest BCUT2D eigenvalue weighted by molar-refractivity contribution is -0.154. The van der Waals surface area contributed by atoms with Gasteiger partial charge in [-0.3, -0.25) is 4.79 Å². The van der Waals surface area contributed by atoms with Crippen LogP contribution in [0.25, 0.3) is 0 Å². The summed E-state index contributed by atoms with van der Waals surface area (Å²) < 4.78 is 16.2. The number of carbonyl (C=O) groups excluding carboxylic acids is 2. The molecule has 0 saturated carbocycles. The van der Waals surface area contributed by atoms with Crippen molar-refractivity contribution in [3.05, 3.63) is 33.8 Å². The highest BCUT2D eigenvalue weighted by Gasteiger charge is 2.40. The number of carbonyl (C=O) groups is 2. The molecule has 0 aromatic heterocycles. The average molecular weight is 845 g/mol. The van der Waals surface area contributed by atoms with Crippen LogP contribution in [0.2, 0.25) is 0 Å². The largest absolute Gasteiger partial charge is 0.507 e. The van der Waals surface area contributed by atoms with Crippen molar-refractivity contribution >= 4 is 11.9 Å². The lowest BCUT2D eigenvalue weighted by Gasteiger charge is -2.38. The minimum absolute atomic E-state index is 0.0712. The molecule has 1 aromatic carbocycles. The van der Waals surface area contributed by atoms with Crippen LogP contribution in [0.15, 0.2) is 11.5 Å². The number of aliphatic hydroxyl groups is 3. The highest BCUT2D eigenvalue weighted by molar-refractivity contribution is 5.89. The molecule has 4 N–H and O–H groups in total. The molecule has 1 aromatic rings. The van der Waals surface area contributed by atoms with E-state index in [2.05, 4.69) is 53.2 Å². The minimum atomic E-state index is -1.42. The van der Waals surface area contributed by atoms with Crippen LogP contribution in [0.1, 0.15) is 218 Å². The fourth-order valence-electron chi connectivity index (χ4n) is 8.63. The molecular formula is C51H88O9. The van der Waals surface area contributed by atoms with Crippen molar-refractivity contribution < 1.29 is 44.2 Å². The fraction of sp³-hybridized carbons (Fsp3) is 0.804. The zero-order valence-corrected chi connectivity index (χ0v) is 39.6. The first-order valence-electron chi connectivity index (χ1n) is 24.2. The third-order valence-electron chi connectivity index (χ3n) is 13.1. The van der Waals surface area contributed by atoms with Crippen molar-refractivity contribution in [2.45, 2.75) is 241 Å². The van der Waals surface area contributed by atoms with E-state index in [-0.39, 0.29) is 12.0 Å². The van der Waals surface area contributed by atoms with Gasteiger partial charge in [0.15, 0.2) is 11.9 Å². The summed E-state index contributed by atoms with van der Waals surface area (Å²) in [6, 6.07) is 0. The molecule has 2 aliphatic rings. The summed E-state index contributed by atoms with van der Waals surface area (Å²) >= 11 is 0. The number of rotatable bonds is 29. The van der Waals surface area contributed by atoms with Gasteiger partial charge in [-0.25, -0.2) is 4.79 Å². The fourth-order valence-corrected chi connectivity index (χ4v) is 8.63. The molecule has 0 saturated heterocycles. The molecule has 60 heavy (non-hydrogen) atoms. The molecule has 5 atom stereocenters. The van der Waals surface area contributed by atoms with E-state index >= 15 is 0 Å². The van der Waals surface area contributed by atoms with Gasteiger partial charge in [0.25, 0.3) is 0 Å². The first-order chi connectivity index (χ1) is 28.5. The highest BCUT2D eigenvalue weighted by Crippen LogP contribution is 2.44. The van der Waals surface area contributed by atoms with Crippen molar-refractivity contribution in [2.75, 3.05) is 6.61 Å². The Balaban J connectivity index is 0.000000415. The summed E-state index contributed by atoms with van der Waals surface area (Å²) in [4.78, 5) is 22.8. The van der Waals surface area contributed by atoms with Gasteiger partial charge in [-0.1, -0.05) is 157 Å². The number of ether oxygens (including phenoxy) is 3. The molecule has 0 amide bonds. The lowest BCUT2D eigenvalue weighted by Crippen LogP contribution is -2.37. The van der Waals surface area contributed by atoms with Crippen molar-refractivity contribution in [1.29, 1.82) is 0 Å². The number of unbranched alkanes of at least 4 members (excludes halogenated alkanes) is 12. The molecule has 2 heterocycles. The van der Waals surface area contributed by atoms with Crippen LogP contribution in [0.4, 0.5) is 0 Å². The van der Waals surface area contributed by atoms with E-state index in [0.29, 0.717) is 5.75 Å². The molecule has 0 spiro atoms. The second kappa shape index (κ2) is 28.6. The monoisotopic (exact) mass is 845 g/mol. The topological polar surface area (TPSA) is 143 Å². The van der Waals surface area contributed by atoms with Crippen molar-refractivity contribution in [1.82, 2.24) is 0 Å². The Morgan fingerprint density at radius 3 is 1.77 bits per heavy atom. The molecule has 0 unspecified atom stereocenters. The van der Waals surface area contributed by atoms with Crippen LogP contribution in [-0.2, 0) is 25.5 Å². The number of phenols is 1. The number of phenolic OH excluding ortho intramolecular Hbond substituents is 1. The van der Waals surface area contributed by atoms with Gasteiger partial charge < -0.3 is 34.6 Å². The Labute approximate surface area is 365 Å². The third-order valence-corrected chi connectivity index (χ3v) is 13.1. The van der Waals surface area contributed by atoms with Crippen LogP contribution >= 0.6 is 0 Å². The lowest BCUT2D eigenvalue weighted by atomic mass is 9.84. The van der Waals surface area contributed by atoms with Gasteiger partial charge in [0.1, 0.15) is 29.8 Å². The van der Waals surface area contributed by atoms with E-state index in [0.717, 1.165) is 78.7 Å². The summed E-state index contributed by atoms with van der Waals surface area (Å²) in [6.45, 7) is 19.8. The quantitative estimate of drug-likeness (QED) is 0.0458. The van der Waals surface area contributed by atoms with Gasteiger partial charge in [-0.2, -0.15) is 0 Å². The van der Waals surface area contributed by atoms with Crippen molar-refractivity contribution in [3.8, 4) is 11.5 Å². The van der Waals surface area contributed by atoms with E-state index in [4.69, 9.17) is 9.47 Å². The molecule has 0 fully saturated rings. The van der Waals surface area contributed by atoms with E-state index in [1.54, 1.807) is 0 Å². The zero-order valence-electron chi connectivity index (χ0n) is 39.6. The van der Waals surface area contributed by atoms with Crippen LogP contribution in [-0.4, -0.2) is 56.8 Å². The normalized spacial score (nSPS) is 19.0. The smallest absolute Gasteiger partial charge is 0.377 e. The molecular weight excluding hydrogens is 757 g/mol. The molecule has 0 radical (unpaired) electrons. The summed E-state index contributed by atoms with van der Waals surface area (Å²) in [5.74, 6) is 0.824. The predicted molar refractivity (Wildman–Crippen MR) is 244 cm³/mol. The Morgan fingerprint density at radius 2 is 1.25 bits per heavy atom. The number of esters is 2. The van der Waals surface area contributed by atoms with Gasteiger partial charge in [0, 0.05) is 12.0 Å². The number of aromatic hydroxyl groups is 1. The predicted octanol–water partition coefficient (Wildman–Crippen LogP) is 13.5. The van der Waals surface area contributed by atoms with E-state index < -0.39 is 42.3 Å². The first-order valence-corrected chi connectivity index (χ1v) is 24.2. The Kier molecular flexibility index (Phi) is 25.4. The first kappa shape index (κ1) is 53.2. The van der Waals surface area contributed by atoms with E-state index in [9.17, 15) is 30.0 Å². The molecule has 0 bridgehead atoms. The van der Waals surface area contributed by atoms with Gasteiger partial charge in [-0.05, 0) is 94.2 Å². The second-order valence-electron chi connectivity index (χ2n) is 19.2. The van der Waals surface area contributed by atoms with Crippen LogP contribution in [0.3, 0.4) is 0 Å². The zero-order chi connectivity index (χ0) is 44.7.